The first kappa shape index (κ1) is 46.0. The van der Waals surface area contributed by atoms with Crippen LogP contribution in [0.3, 0.4) is 0 Å². The van der Waals surface area contributed by atoms with Gasteiger partial charge in [-0.05, 0) is 144 Å². The molecule has 0 radical (unpaired) electrons. The Morgan fingerprint density at radius 2 is 1.17 bits per heavy atom. The third-order valence-electron chi connectivity index (χ3n) is 9.77. The molecule has 16 heteroatoms. The minimum absolute atomic E-state index is 0.0123. The number of benzene rings is 4. The predicted molar refractivity (Wildman–Crippen MR) is 228 cm³/mol. The molecule has 2 aliphatic rings. The molecule has 0 bridgehead atoms. The Labute approximate surface area is 362 Å². The van der Waals surface area contributed by atoms with Crippen LogP contribution in [0.4, 0.5) is 17.6 Å². The third kappa shape index (κ3) is 13.5. The number of nitrogens with one attached hydrogen (secondary N) is 3. The minimum atomic E-state index is -1.67. The topological polar surface area (TPSA) is 158 Å². The Balaban J connectivity index is 0.000000226. The van der Waals surface area contributed by atoms with Crippen LogP contribution in [-0.2, 0) is 17.6 Å². The number of ether oxygens (including phenoxy) is 2. The molecule has 6 rings (SSSR count). The number of carbonyl (C=O) groups excluding carboxylic acids is 1. The summed E-state index contributed by atoms with van der Waals surface area (Å²) in [6, 6.07) is 16.8. The highest BCUT2D eigenvalue weighted by molar-refractivity contribution is 14.1. The van der Waals surface area contributed by atoms with Crippen molar-refractivity contribution in [3.8, 4) is 11.5 Å². The van der Waals surface area contributed by atoms with Gasteiger partial charge in [0.1, 0.15) is 40.4 Å². The summed E-state index contributed by atoms with van der Waals surface area (Å²) in [5.74, 6) is -1.83. The summed E-state index contributed by atoms with van der Waals surface area (Å²) in [6.45, 7) is 4.19. The number of halogens is 6. The largest absolute Gasteiger partial charge is 0.493 e. The summed E-state index contributed by atoms with van der Waals surface area (Å²) in [6.07, 6.45) is -0.238. The zero-order valence-electron chi connectivity index (χ0n) is 32.0. The molecule has 0 unspecified atom stereocenters. The molecule has 0 saturated heterocycles. The molecule has 0 aromatic heterocycles. The van der Waals surface area contributed by atoms with Crippen LogP contribution < -0.4 is 31.2 Å². The van der Waals surface area contributed by atoms with Crippen LogP contribution in [0.25, 0.3) is 0 Å². The van der Waals surface area contributed by atoms with Crippen LogP contribution in [0.2, 0.25) is 0 Å². The molecule has 1 amide bonds. The number of rotatable bonds is 14. The predicted octanol–water partition coefficient (Wildman–Crippen LogP) is 5.76. The van der Waals surface area contributed by atoms with E-state index in [9.17, 15) is 37.7 Å². The fourth-order valence-corrected chi connectivity index (χ4v) is 7.75. The van der Waals surface area contributed by atoms with Gasteiger partial charge in [-0.1, -0.05) is 0 Å². The quantitative estimate of drug-likeness (QED) is 0.0617. The maximum absolute atomic E-state index is 13.6. The van der Waals surface area contributed by atoms with Crippen molar-refractivity contribution in [3.05, 3.63) is 125 Å². The number of carbonyl (C=O) groups is 1. The van der Waals surface area contributed by atoms with E-state index in [2.05, 4.69) is 67.2 Å². The van der Waals surface area contributed by atoms with E-state index in [1.165, 1.54) is 26.0 Å². The van der Waals surface area contributed by atoms with E-state index in [1.807, 2.05) is 30.3 Å². The number of fused-ring (bicyclic) bond motifs is 2. The summed E-state index contributed by atoms with van der Waals surface area (Å²) in [4.78, 5) is 12.4. The maximum Gasteiger partial charge on any atom is 0.251 e. The lowest BCUT2D eigenvalue weighted by Gasteiger charge is -2.31. The van der Waals surface area contributed by atoms with Crippen molar-refractivity contribution < 1.29 is 47.1 Å². The van der Waals surface area contributed by atoms with Crippen LogP contribution in [0.1, 0.15) is 61.0 Å². The van der Waals surface area contributed by atoms with Crippen molar-refractivity contribution in [2.24, 2.45) is 5.73 Å². The number of amides is 1. The molecule has 2 heterocycles. The van der Waals surface area contributed by atoms with E-state index in [0.717, 1.165) is 60.5 Å². The number of nitrogens with two attached hydrogens (primary N) is 1. The van der Waals surface area contributed by atoms with Gasteiger partial charge in [0, 0.05) is 74.5 Å². The van der Waals surface area contributed by atoms with Crippen molar-refractivity contribution in [2.45, 2.75) is 81.5 Å². The minimum Gasteiger partial charge on any atom is -0.493 e. The van der Waals surface area contributed by atoms with Gasteiger partial charge in [0.15, 0.2) is 0 Å². The number of hydrogen-bond donors (Lipinski definition) is 7. The van der Waals surface area contributed by atoms with Gasteiger partial charge < -0.3 is 46.5 Å². The zero-order chi connectivity index (χ0) is 42.1. The molecule has 314 valence electrons. The highest BCUT2D eigenvalue weighted by atomic mass is 127. The zero-order valence-corrected chi connectivity index (χ0v) is 36.3. The molecule has 4 aromatic rings. The fourth-order valence-electron chi connectivity index (χ4n) is 6.72. The van der Waals surface area contributed by atoms with Gasteiger partial charge in [0.05, 0.1) is 31.5 Å². The lowest BCUT2D eigenvalue weighted by molar-refractivity contribution is -0.138. The molecule has 10 nitrogen and oxygen atoms in total. The summed E-state index contributed by atoms with van der Waals surface area (Å²) in [7, 11) is 0. The van der Waals surface area contributed by atoms with Gasteiger partial charge in [-0.25, -0.2) is 17.6 Å². The maximum atomic E-state index is 13.6. The number of aliphatic hydroxyl groups excluding tert-OH is 2. The molecular weight excluding hydrogens is 986 g/mol. The fraction of sp³-hybridized carbons (Fsp3) is 0.405. The Kier molecular flexibility index (Phi) is 16.6. The second kappa shape index (κ2) is 20.9. The Morgan fingerprint density at radius 1 is 0.741 bits per heavy atom. The van der Waals surface area contributed by atoms with E-state index in [-0.39, 0.29) is 43.6 Å². The number of aliphatic hydroxyl groups is 3. The van der Waals surface area contributed by atoms with Crippen molar-refractivity contribution in [1.82, 2.24) is 16.0 Å². The standard InChI is InChI=1S/C23H27F2IN2O4.C19H21F2IN2O2/c1-23(2,31)22(30)28-19(9-13-7-14(24)10-15(25)8-13)20(29)12-27-18-5-6-32-21-4-3-16(26)11-17(18)21;20-12-5-11(6-13(21)8-12)7-16(23)18(25)10-24-17-3-4-26-19-2-1-14(22)9-15(17)19/h3-4,7-8,10-11,18-20,27,29,31H,5-6,9,12H2,1-2H3,(H,28,30);1-2,5-6,8-9,16-18,24-25H,3-4,7,10,23H2/t18-,19-,20+;16-,17-,18+/m00/s1. The van der Waals surface area contributed by atoms with Gasteiger partial charge in [0.25, 0.3) is 5.91 Å². The molecule has 0 aliphatic carbocycles. The summed E-state index contributed by atoms with van der Waals surface area (Å²) >= 11 is 4.47. The summed E-state index contributed by atoms with van der Waals surface area (Å²) in [5, 5.41) is 40.5. The molecule has 0 spiro atoms. The second-order valence-corrected chi connectivity index (χ2v) is 17.5. The lowest BCUT2D eigenvalue weighted by Crippen LogP contribution is -2.54. The van der Waals surface area contributed by atoms with Crippen molar-refractivity contribution in [2.75, 3.05) is 26.3 Å². The van der Waals surface area contributed by atoms with E-state index < -0.39 is 59.1 Å². The van der Waals surface area contributed by atoms with Crippen LogP contribution >= 0.6 is 45.2 Å². The van der Waals surface area contributed by atoms with Crippen molar-refractivity contribution in [1.29, 1.82) is 0 Å². The molecule has 58 heavy (non-hydrogen) atoms. The normalized spacial score (nSPS) is 18.2. The third-order valence-corrected chi connectivity index (χ3v) is 11.1. The van der Waals surface area contributed by atoms with Gasteiger partial charge in [-0.15, -0.1) is 0 Å². The van der Waals surface area contributed by atoms with Crippen molar-refractivity contribution in [3.63, 3.8) is 0 Å². The van der Waals surface area contributed by atoms with Crippen LogP contribution in [-0.4, -0.2) is 77.4 Å². The van der Waals surface area contributed by atoms with Crippen molar-refractivity contribution >= 4 is 51.1 Å². The Hall–Kier alpha value is -3.11. The first-order valence-corrected chi connectivity index (χ1v) is 21.0. The molecule has 0 fully saturated rings. The average molecular weight is 1030 g/mol. The van der Waals surface area contributed by atoms with Gasteiger partial charge in [-0.2, -0.15) is 0 Å². The second-order valence-electron chi connectivity index (χ2n) is 15.0. The smallest absolute Gasteiger partial charge is 0.251 e. The average Bonchev–Trinajstić information content (AvgIpc) is 3.14. The van der Waals surface area contributed by atoms with Gasteiger partial charge >= 0.3 is 0 Å². The molecule has 8 N–H and O–H groups in total. The lowest BCUT2D eigenvalue weighted by atomic mass is 9.97. The Bertz CT molecular complexity index is 1980. The molecule has 2 aliphatic heterocycles. The SMILES string of the molecule is CC(C)(O)C(=O)N[C@@H](Cc1cc(F)cc(F)c1)[C@H](O)CN[C@H]1CCOc2ccc(I)cc21.N[C@@H](Cc1cc(F)cc(F)c1)[C@H](O)CN[C@H]1CCOc2ccc(I)cc21. The first-order chi connectivity index (χ1) is 27.4. The van der Waals surface area contributed by atoms with Crippen LogP contribution in [0, 0.1) is 30.4 Å². The highest BCUT2D eigenvalue weighted by Gasteiger charge is 2.31. The van der Waals surface area contributed by atoms with E-state index in [1.54, 1.807) is 0 Å². The van der Waals surface area contributed by atoms with Crippen LogP contribution in [0.15, 0.2) is 72.8 Å². The van der Waals surface area contributed by atoms with E-state index >= 15 is 0 Å². The van der Waals surface area contributed by atoms with Gasteiger partial charge in [-0.3, -0.25) is 4.79 Å². The number of hydrogen-bond acceptors (Lipinski definition) is 9. The Morgan fingerprint density at radius 3 is 1.62 bits per heavy atom. The summed E-state index contributed by atoms with van der Waals surface area (Å²) < 4.78 is 67.4. The van der Waals surface area contributed by atoms with E-state index in [4.69, 9.17) is 15.2 Å². The first-order valence-electron chi connectivity index (χ1n) is 18.8. The van der Waals surface area contributed by atoms with Crippen LogP contribution in [0.5, 0.6) is 11.5 Å². The van der Waals surface area contributed by atoms with E-state index in [0.29, 0.717) is 25.2 Å². The molecular formula is C42H48F4I2N4O6. The highest BCUT2D eigenvalue weighted by Crippen LogP contribution is 2.34. The van der Waals surface area contributed by atoms with Gasteiger partial charge in [0.2, 0.25) is 0 Å². The monoisotopic (exact) mass is 1030 g/mol. The summed E-state index contributed by atoms with van der Waals surface area (Å²) in [5.41, 5.74) is 7.12. The molecule has 4 aromatic carbocycles. The molecule has 6 atom stereocenters. The molecule has 0 saturated carbocycles.